The van der Waals surface area contributed by atoms with Crippen LogP contribution in [-0.2, 0) is 9.47 Å². The minimum Gasteiger partial charge on any atom is -0.348 e. The predicted molar refractivity (Wildman–Crippen MR) is 91.9 cm³/mol. The summed E-state index contributed by atoms with van der Waals surface area (Å²) in [4.78, 5) is 4.45. The van der Waals surface area contributed by atoms with Crippen LogP contribution in [0.5, 0.6) is 0 Å². The Morgan fingerprint density at radius 1 is 1.04 bits per heavy atom. The van der Waals surface area contributed by atoms with Crippen LogP contribution in [0.1, 0.15) is 44.5 Å². The molecule has 0 N–H and O–H groups in total. The number of halogens is 1. The van der Waals surface area contributed by atoms with Crippen molar-refractivity contribution in [3.05, 3.63) is 54.0 Å². The minimum absolute atomic E-state index is 0.243. The maximum absolute atomic E-state index is 13.0. The van der Waals surface area contributed by atoms with Crippen LogP contribution < -0.4 is 0 Å². The molecule has 2 aromatic rings. The van der Waals surface area contributed by atoms with Crippen molar-refractivity contribution in [3.8, 4) is 11.3 Å². The van der Waals surface area contributed by atoms with Crippen LogP contribution in [0.2, 0.25) is 0 Å². The number of pyridine rings is 1. The molecule has 1 aliphatic heterocycles. The Bertz CT molecular complexity index is 619. The average Bonchev–Trinajstić information content (AvgIpc) is 2.63. The molecule has 0 bridgehead atoms. The Balaban J connectivity index is 1.56. The van der Waals surface area contributed by atoms with E-state index >= 15 is 0 Å². The first-order valence-corrected chi connectivity index (χ1v) is 8.71. The molecule has 0 aliphatic carbocycles. The molecule has 0 atom stereocenters. The molecule has 1 saturated heterocycles. The highest BCUT2D eigenvalue weighted by Gasteiger charge is 2.23. The molecule has 0 unspecified atom stereocenters. The topological polar surface area (TPSA) is 31.4 Å². The number of benzene rings is 1. The molecule has 128 valence electrons. The summed E-state index contributed by atoms with van der Waals surface area (Å²) in [7, 11) is 0. The van der Waals surface area contributed by atoms with Gasteiger partial charge in [0.2, 0.25) is 0 Å². The monoisotopic (exact) mass is 329 g/mol. The second-order valence-corrected chi connectivity index (χ2v) is 6.34. The Labute approximate surface area is 142 Å². The third-order valence-electron chi connectivity index (χ3n) is 4.38. The molecule has 0 saturated carbocycles. The van der Waals surface area contributed by atoms with E-state index < -0.39 is 0 Å². The van der Waals surface area contributed by atoms with Gasteiger partial charge in [0.1, 0.15) is 5.82 Å². The fourth-order valence-corrected chi connectivity index (χ4v) is 2.92. The molecule has 1 aliphatic rings. The fraction of sp³-hybridized carbons (Fsp3) is 0.450. The van der Waals surface area contributed by atoms with Crippen molar-refractivity contribution >= 4 is 0 Å². The molecular weight excluding hydrogens is 305 g/mol. The molecule has 24 heavy (non-hydrogen) atoms. The summed E-state index contributed by atoms with van der Waals surface area (Å²) >= 11 is 0. The zero-order valence-electron chi connectivity index (χ0n) is 14.1. The molecule has 2 heterocycles. The molecule has 1 aromatic carbocycles. The third kappa shape index (κ3) is 4.40. The van der Waals surface area contributed by atoms with Crippen LogP contribution in [0.4, 0.5) is 4.39 Å². The average molecular weight is 329 g/mol. The molecule has 3 nitrogen and oxygen atoms in total. The van der Waals surface area contributed by atoms with Crippen molar-refractivity contribution in [1.29, 1.82) is 0 Å². The summed E-state index contributed by atoms with van der Waals surface area (Å²) in [6.45, 7) is 3.70. The highest BCUT2D eigenvalue weighted by molar-refractivity contribution is 5.58. The van der Waals surface area contributed by atoms with Gasteiger partial charge in [0.05, 0.1) is 18.9 Å². The lowest BCUT2D eigenvalue weighted by atomic mass is 10.0. The third-order valence-corrected chi connectivity index (χ3v) is 4.38. The van der Waals surface area contributed by atoms with Gasteiger partial charge in [-0.1, -0.05) is 32.3 Å². The van der Waals surface area contributed by atoms with Crippen LogP contribution in [0.3, 0.4) is 0 Å². The van der Waals surface area contributed by atoms with E-state index in [9.17, 15) is 4.39 Å². The molecular formula is C20H24FNO2. The lowest BCUT2D eigenvalue weighted by molar-refractivity contribution is -0.206. The second-order valence-electron chi connectivity index (χ2n) is 6.34. The predicted octanol–water partition coefficient (Wildman–Crippen LogP) is 5.13. The minimum atomic E-state index is -0.331. The van der Waals surface area contributed by atoms with Crippen LogP contribution in [0.25, 0.3) is 11.3 Å². The molecule has 0 radical (unpaired) electrons. The van der Waals surface area contributed by atoms with E-state index in [1.807, 2.05) is 12.1 Å². The zero-order chi connectivity index (χ0) is 16.8. The molecule has 1 aromatic heterocycles. The Hall–Kier alpha value is -1.78. The molecule has 3 rings (SSSR count). The molecule has 0 amide bonds. The normalized spacial score (nSPS) is 20.9. The van der Waals surface area contributed by atoms with Crippen LogP contribution in [0, 0.1) is 11.7 Å². The number of ether oxygens (including phenoxy) is 2. The van der Waals surface area contributed by atoms with Crippen LogP contribution in [-0.4, -0.2) is 18.2 Å². The smallest absolute Gasteiger partial charge is 0.185 e. The molecule has 1 fully saturated rings. The van der Waals surface area contributed by atoms with Gasteiger partial charge in [0, 0.05) is 23.2 Å². The van der Waals surface area contributed by atoms with E-state index in [4.69, 9.17) is 9.47 Å². The zero-order valence-corrected chi connectivity index (χ0v) is 14.1. The largest absolute Gasteiger partial charge is 0.348 e. The lowest BCUT2D eigenvalue weighted by Gasteiger charge is -2.29. The Kier molecular flexibility index (Phi) is 5.94. The van der Waals surface area contributed by atoms with Gasteiger partial charge in [-0.05, 0) is 36.8 Å². The van der Waals surface area contributed by atoms with Crippen molar-refractivity contribution in [2.75, 3.05) is 13.2 Å². The van der Waals surface area contributed by atoms with E-state index in [2.05, 4.69) is 11.9 Å². The summed E-state index contributed by atoms with van der Waals surface area (Å²) in [6, 6.07) is 10.2. The van der Waals surface area contributed by atoms with Crippen LogP contribution >= 0.6 is 0 Å². The number of nitrogens with zero attached hydrogens (tertiary/aromatic N) is 1. The van der Waals surface area contributed by atoms with Gasteiger partial charge in [-0.2, -0.15) is 0 Å². The molecule has 0 spiro atoms. The number of hydrogen-bond acceptors (Lipinski definition) is 3. The summed E-state index contributed by atoms with van der Waals surface area (Å²) in [5.41, 5.74) is 2.63. The Morgan fingerprint density at radius 2 is 1.79 bits per heavy atom. The number of rotatable bonds is 6. The van der Waals surface area contributed by atoms with E-state index in [1.165, 1.54) is 37.8 Å². The Morgan fingerprint density at radius 3 is 2.42 bits per heavy atom. The highest BCUT2D eigenvalue weighted by atomic mass is 19.1. The van der Waals surface area contributed by atoms with Gasteiger partial charge in [-0.15, -0.1) is 0 Å². The van der Waals surface area contributed by atoms with Gasteiger partial charge in [-0.25, -0.2) is 4.39 Å². The van der Waals surface area contributed by atoms with E-state index in [-0.39, 0.29) is 12.1 Å². The van der Waals surface area contributed by atoms with E-state index in [0.29, 0.717) is 5.92 Å². The van der Waals surface area contributed by atoms with Crippen molar-refractivity contribution < 1.29 is 13.9 Å². The van der Waals surface area contributed by atoms with Crippen LogP contribution in [0.15, 0.2) is 42.6 Å². The summed E-state index contributed by atoms with van der Waals surface area (Å²) < 4.78 is 24.7. The van der Waals surface area contributed by atoms with Crippen molar-refractivity contribution in [3.63, 3.8) is 0 Å². The number of aromatic nitrogens is 1. The first-order valence-electron chi connectivity index (χ1n) is 8.71. The summed E-state index contributed by atoms with van der Waals surface area (Å²) in [6.07, 6.45) is 6.37. The maximum atomic E-state index is 13.0. The number of unbranched alkanes of at least 4 members (excludes halogenated alkanes) is 2. The van der Waals surface area contributed by atoms with Crippen molar-refractivity contribution in [2.24, 2.45) is 5.92 Å². The van der Waals surface area contributed by atoms with Gasteiger partial charge < -0.3 is 9.47 Å². The van der Waals surface area contributed by atoms with Gasteiger partial charge in [0.15, 0.2) is 6.29 Å². The first kappa shape index (κ1) is 17.1. The fourth-order valence-electron chi connectivity index (χ4n) is 2.92. The number of hydrogen-bond donors (Lipinski definition) is 0. The van der Waals surface area contributed by atoms with Gasteiger partial charge in [0.25, 0.3) is 0 Å². The second kappa shape index (κ2) is 8.36. The first-order chi connectivity index (χ1) is 11.8. The maximum Gasteiger partial charge on any atom is 0.185 e. The quantitative estimate of drug-likeness (QED) is 0.689. The van der Waals surface area contributed by atoms with Gasteiger partial charge in [-0.3, -0.25) is 4.98 Å². The molecule has 4 heteroatoms. The standard InChI is InChI=1S/C20H24FNO2/c1-2-3-4-5-15-13-23-20(24-14-15)17-8-11-19(22-12-17)16-6-9-18(21)10-7-16/h6-12,15,20H,2-5,13-14H2,1H3/t15-,20-. The van der Waals surface area contributed by atoms with E-state index in [1.54, 1.807) is 18.3 Å². The van der Waals surface area contributed by atoms with Gasteiger partial charge >= 0.3 is 0 Å². The SMILES string of the molecule is CCCCC[C@H]1CO[C@H](c2ccc(-c3ccc(F)cc3)nc2)OC1. The van der Waals surface area contributed by atoms with Crippen molar-refractivity contribution in [2.45, 2.75) is 38.9 Å². The highest BCUT2D eigenvalue weighted by Crippen LogP contribution is 2.28. The summed E-state index contributed by atoms with van der Waals surface area (Å²) in [5, 5.41) is 0. The summed E-state index contributed by atoms with van der Waals surface area (Å²) in [5.74, 6) is 0.257. The lowest BCUT2D eigenvalue weighted by Crippen LogP contribution is -2.27. The van der Waals surface area contributed by atoms with E-state index in [0.717, 1.165) is 30.0 Å². The van der Waals surface area contributed by atoms with Crippen molar-refractivity contribution in [1.82, 2.24) is 4.98 Å².